The highest BCUT2D eigenvalue weighted by atomic mass is 16.3. The lowest BCUT2D eigenvalue weighted by Gasteiger charge is -2.17. The van der Waals surface area contributed by atoms with Gasteiger partial charge in [-0.25, -0.2) is 4.79 Å². The van der Waals surface area contributed by atoms with E-state index < -0.39 is 6.04 Å². The van der Waals surface area contributed by atoms with Gasteiger partial charge in [-0.2, -0.15) is 0 Å². The Bertz CT molecular complexity index is 626. The maximum Gasteiger partial charge on any atom is 0.319 e. The number of carbonyl (C=O) groups excluding carboxylic acids is 1. The number of amides is 2. The summed E-state index contributed by atoms with van der Waals surface area (Å²) >= 11 is 0. The summed E-state index contributed by atoms with van der Waals surface area (Å²) in [4.78, 5) is 12.1. The summed E-state index contributed by atoms with van der Waals surface area (Å²) in [6, 6.07) is 14.5. The first-order chi connectivity index (χ1) is 10.6. The Hall–Kier alpha value is -2.33. The van der Waals surface area contributed by atoms with Crippen molar-refractivity contribution in [1.82, 2.24) is 5.32 Å². The number of hydrogen-bond acceptors (Lipinski definition) is 2. The number of nitrogens with one attached hydrogen (secondary N) is 2. The van der Waals surface area contributed by atoms with Crippen LogP contribution < -0.4 is 10.6 Å². The number of carbonyl (C=O) groups is 1. The highest BCUT2D eigenvalue weighted by molar-refractivity contribution is 5.89. The van der Waals surface area contributed by atoms with E-state index in [1.807, 2.05) is 48.5 Å². The van der Waals surface area contributed by atoms with Gasteiger partial charge in [-0.05, 0) is 42.2 Å². The molecule has 0 aliphatic heterocycles. The average Bonchev–Trinajstić information content (AvgIpc) is 2.55. The quantitative estimate of drug-likeness (QED) is 0.792. The van der Waals surface area contributed by atoms with Gasteiger partial charge in [0, 0.05) is 5.69 Å². The predicted octanol–water partition coefficient (Wildman–Crippen LogP) is 3.41. The van der Waals surface area contributed by atoms with E-state index in [2.05, 4.69) is 24.5 Å². The molecule has 2 amide bonds. The molecule has 22 heavy (non-hydrogen) atoms. The van der Waals surface area contributed by atoms with Gasteiger partial charge in [0.15, 0.2) is 0 Å². The van der Waals surface area contributed by atoms with E-state index in [1.165, 1.54) is 11.1 Å². The third-order valence-corrected chi connectivity index (χ3v) is 3.68. The molecule has 0 spiro atoms. The Morgan fingerprint density at radius 3 is 2.55 bits per heavy atom. The van der Waals surface area contributed by atoms with E-state index in [0.29, 0.717) is 0 Å². The normalized spacial score (nSPS) is 11.8. The molecule has 2 aromatic rings. The second-order valence-electron chi connectivity index (χ2n) is 5.24. The van der Waals surface area contributed by atoms with E-state index in [0.717, 1.165) is 17.7 Å². The molecule has 0 saturated carbocycles. The van der Waals surface area contributed by atoms with Crippen molar-refractivity contribution in [1.29, 1.82) is 0 Å². The summed E-state index contributed by atoms with van der Waals surface area (Å²) in [7, 11) is 0. The zero-order valence-electron chi connectivity index (χ0n) is 13.0. The van der Waals surface area contributed by atoms with Crippen LogP contribution >= 0.6 is 0 Å². The molecule has 4 heteroatoms. The molecule has 2 aromatic carbocycles. The van der Waals surface area contributed by atoms with Crippen molar-refractivity contribution < 1.29 is 9.90 Å². The lowest BCUT2D eigenvalue weighted by atomic mass is 10.1. The van der Waals surface area contributed by atoms with E-state index in [9.17, 15) is 9.90 Å². The molecular formula is C18H22N2O2. The molecule has 0 fully saturated rings. The largest absolute Gasteiger partial charge is 0.394 e. The fourth-order valence-electron chi connectivity index (χ4n) is 2.38. The van der Waals surface area contributed by atoms with Crippen molar-refractivity contribution in [3.8, 4) is 0 Å². The van der Waals surface area contributed by atoms with Crippen molar-refractivity contribution in [2.45, 2.75) is 26.3 Å². The molecule has 4 nitrogen and oxygen atoms in total. The Balaban J connectivity index is 2.03. The molecule has 0 heterocycles. The summed E-state index contributed by atoms with van der Waals surface area (Å²) < 4.78 is 0. The minimum Gasteiger partial charge on any atom is -0.394 e. The lowest BCUT2D eigenvalue weighted by Crippen LogP contribution is -2.34. The van der Waals surface area contributed by atoms with Crippen LogP contribution in [0.3, 0.4) is 0 Å². The van der Waals surface area contributed by atoms with Crippen molar-refractivity contribution in [2.75, 3.05) is 11.9 Å². The molecule has 1 atom stereocenters. The first kappa shape index (κ1) is 16.0. The molecule has 0 aliphatic rings. The van der Waals surface area contributed by atoms with Gasteiger partial charge >= 0.3 is 6.03 Å². The number of aryl methyl sites for hydroxylation is 2. The molecule has 0 unspecified atom stereocenters. The van der Waals surface area contributed by atoms with Crippen LogP contribution in [0, 0.1) is 6.92 Å². The molecule has 0 aromatic heterocycles. The number of urea groups is 1. The number of aliphatic hydroxyl groups excluding tert-OH is 1. The summed E-state index contributed by atoms with van der Waals surface area (Å²) in [5.41, 5.74) is 4.05. The van der Waals surface area contributed by atoms with Gasteiger partial charge in [0.05, 0.1) is 12.6 Å². The fourth-order valence-corrected chi connectivity index (χ4v) is 2.38. The van der Waals surface area contributed by atoms with Crippen LogP contribution in [0.2, 0.25) is 0 Å². The maximum atomic E-state index is 12.1. The van der Waals surface area contributed by atoms with Gasteiger partial charge in [-0.1, -0.05) is 43.3 Å². The zero-order chi connectivity index (χ0) is 15.9. The van der Waals surface area contributed by atoms with Crippen molar-refractivity contribution in [3.05, 3.63) is 65.2 Å². The summed E-state index contributed by atoms with van der Waals surface area (Å²) in [6.45, 7) is 3.99. The highest BCUT2D eigenvalue weighted by Gasteiger charge is 2.13. The summed E-state index contributed by atoms with van der Waals surface area (Å²) in [6.07, 6.45) is 0.923. The molecule has 0 radical (unpaired) electrons. The van der Waals surface area contributed by atoms with Crippen LogP contribution in [-0.4, -0.2) is 17.7 Å². The third kappa shape index (κ3) is 4.09. The molecule has 0 aliphatic carbocycles. The topological polar surface area (TPSA) is 61.4 Å². The fraction of sp³-hybridized carbons (Fsp3) is 0.278. The molecule has 3 N–H and O–H groups in total. The van der Waals surface area contributed by atoms with Gasteiger partial charge in [-0.3, -0.25) is 0 Å². The smallest absolute Gasteiger partial charge is 0.319 e. The second kappa shape index (κ2) is 7.61. The van der Waals surface area contributed by atoms with Crippen LogP contribution in [-0.2, 0) is 6.42 Å². The molecule has 116 valence electrons. The van der Waals surface area contributed by atoms with Gasteiger partial charge in [0.2, 0.25) is 0 Å². The van der Waals surface area contributed by atoms with Crippen LogP contribution in [0.5, 0.6) is 0 Å². The first-order valence-corrected chi connectivity index (χ1v) is 7.47. The van der Waals surface area contributed by atoms with E-state index in [-0.39, 0.29) is 12.6 Å². The molecule has 2 rings (SSSR count). The summed E-state index contributed by atoms with van der Waals surface area (Å²) in [5.74, 6) is 0. The SMILES string of the molecule is CCc1cc(NC(=O)N[C@H](CO)c2ccccc2)ccc1C. The standard InChI is InChI=1S/C18H22N2O2/c1-3-14-11-16(10-9-13(14)2)19-18(22)20-17(12-21)15-7-5-4-6-8-15/h4-11,17,21H,3,12H2,1-2H3,(H2,19,20,22)/t17-/m1/s1. The molecule has 0 bridgehead atoms. The summed E-state index contributed by atoms with van der Waals surface area (Å²) in [5, 5.41) is 15.1. The number of rotatable bonds is 5. The Labute approximate surface area is 131 Å². The Kier molecular flexibility index (Phi) is 5.55. The number of aliphatic hydroxyl groups is 1. The molecule has 0 saturated heterocycles. The van der Waals surface area contributed by atoms with Crippen molar-refractivity contribution >= 4 is 11.7 Å². The van der Waals surface area contributed by atoms with Crippen LogP contribution in [0.15, 0.2) is 48.5 Å². The van der Waals surface area contributed by atoms with Gasteiger partial charge in [-0.15, -0.1) is 0 Å². The van der Waals surface area contributed by atoms with Crippen LogP contribution in [0.1, 0.15) is 29.7 Å². The number of benzene rings is 2. The maximum absolute atomic E-state index is 12.1. The van der Waals surface area contributed by atoms with Crippen molar-refractivity contribution in [3.63, 3.8) is 0 Å². The van der Waals surface area contributed by atoms with E-state index in [4.69, 9.17) is 0 Å². The molecular weight excluding hydrogens is 276 g/mol. The van der Waals surface area contributed by atoms with Gasteiger partial charge in [0.1, 0.15) is 0 Å². The third-order valence-electron chi connectivity index (χ3n) is 3.68. The lowest BCUT2D eigenvalue weighted by molar-refractivity contribution is 0.225. The first-order valence-electron chi connectivity index (χ1n) is 7.47. The van der Waals surface area contributed by atoms with Gasteiger partial charge < -0.3 is 15.7 Å². The second-order valence-corrected chi connectivity index (χ2v) is 5.24. The van der Waals surface area contributed by atoms with Crippen LogP contribution in [0.4, 0.5) is 10.5 Å². The number of hydrogen-bond donors (Lipinski definition) is 3. The Morgan fingerprint density at radius 2 is 1.91 bits per heavy atom. The van der Waals surface area contributed by atoms with Crippen LogP contribution in [0.25, 0.3) is 0 Å². The monoisotopic (exact) mass is 298 g/mol. The predicted molar refractivity (Wildman–Crippen MR) is 89.0 cm³/mol. The minimum absolute atomic E-state index is 0.147. The zero-order valence-corrected chi connectivity index (χ0v) is 13.0. The Morgan fingerprint density at radius 1 is 1.18 bits per heavy atom. The average molecular weight is 298 g/mol. The highest BCUT2D eigenvalue weighted by Crippen LogP contribution is 2.16. The van der Waals surface area contributed by atoms with Gasteiger partial charge in [0.25, 0.3) is 0 Å². The van der Waals surface area contributed by atoms with Crippen molar-refractivity contribution in [2.24, 2.45) is 0 Å². The van der Waals surface area contributed by atoms with E-state index >= 15 is 0 Å². The minimum atomic E-state index is -0.419. The number of anilines is 1. The van der Waals surface area contributed by atoms with E-state index in [1.54, 1.807) is 0 Å².